The lowest BCUT2D eigenvalue weighted by Crippen LogP contribution is -2.32. The minimum Gasteiger partial charge on any atom is -0.497 e. The minimum absolute atomic E-state index is 0.144. The van der Waals surface area contributed by atoms with Crippen molar-refractivity contribution in [3.63, 3.8) is 0 Å². The van der Waals surface area contributed by atoms with E-state index in [4.69, 9.17) is 9.73 Å². The maximum absolute atomic E-state index is 13.3. The van der Waals surface area contributed by atoms with Crippen LogP contribution in [0.2, 0.25) is 0 Å². The summed E-state index contributed by atoms with van der Waals surface area (Å²) in [5.74, 6) is 1.23. The first-order chi connectivity index (χ1) is 14.0. The van der Waals surface area contributed by atoms with Crippen LogP contribution in [-0.2, 0) is 4.79 Å². The van der Waals surface area contributed by atoms with Crippen molar-refractivity contribution in [1.29, 1.82) is 0 Å². The van der Waals surface area contributed by atoms with Crippen LogP contribution >= 0.6 is 0 Å². The van der Waals surface area contributed by atoms with Crippen LogP contribution in [0, 0.1) is 13.8 Å². The summed E-state index contributed by atoms with van der Waals surface area (Å²) in [6.45, 7) is 4.05. The van der Waals surface area contributed by atoms with Gasteiger partial charge in [0.15, 0.2) is 0 Å². The second-order valence-corrected chi connectivity index (χ2v) is 7.09. The quantitative estimate of drug-likeness (QED) is 0.586. The molecule has 1 aliphatic rings. The van der Waals surface area contributed by atoms with Crippen molar-refractivity contribution < 1.29 is 9.53 Å². The van der Waals surface area contributed by atoms with Crippen molar-refractivity contribution in [3.8, 4) is 5.75 Å². The summed E-state index contributed by atoms with van der Waals surface area (Å²) in [5.41, 5.74) is 5.22. The SMILES string of the molecule is COc1cccc(/C=C2/N=C(c3ccc(C)cc3)N(c3cccc(C)c3)C2=O)c1. The molecule has 0 atom stereocenters. The second-order valence-electron chi connectivity index (χ2n) is 7.09. The first-order valence-electron chi connectivity index (χ1n) is 9.48. The number of hydrogen-bond acceptors (Lipinski definition) is 3. The first kappa shape index (κ1) is 18.7. The topological polar surface area (TPSA) is 41.9 Å². The van der Waals surface area contributed by atoms with Crippen LogP contribution in [0.5, 0.6) is 5.75 Å². The molecule has 0 spiro atoms. The zero-order valence-electron chi connectivity index (χ0n) is 16.7. The smallest absolute Gasteiger partial charge is 0.282 e. The van der Waals surface area contributed by atoms with Crippen molar-refractivity contribution in [2.24, 2.45) is 4.99 Å². The minimum atomic E-state index is -0.144. The molecule has 0 N–H and O–H groups in total. The fraction of sp³-hybridized carbons (Fsp3) is 0.120. The van der Waals surface area contributed by atoms with E-state index >= 15 is 0 Å². The van der Waals surface area contributed by atoms with E-state index < -0.39 is 0 Å². The Hall–Kier alpha value is -3.66. The van der Waals surface area contributed by atoms with Crippen molar-refractivity contribution in [3.05, 3.63) is 101 Å². The third-order valence-corrected chi connectivity index (χ3v) is 4.83. The molecule has 144 valence electrons. The number of carbonyl (C=O) groups excluding carboxylic acids is 1. The molecule has 0 radical (unpaired) electrons. The molecule has 0 aliphatic carbocycles. The number of rotatable bonds is 4. The number of benzene rings is 3. The summed E-state index contributed by atoms with van der Waals surface area (Å²) in [6.07, 6.45) is 1.80. The lowest BCUT2D eigenvalue weighted by atomic mass is 10.1. The highest BCUT2D eigenvalue weighted by Gasteiger charge is 2.32. The molecule has 0 unspecified atom stereocenters. The molecular formula is C25H22N2O2. The molecule has 3 aromatic rings. The van der Waals surface area contributed by atoms with E-state index in [0.717, 1.165) is 33.7 Å². The van der Waals surface area contributed by atoms with Gasteiger partial charge in [0.1, 0.15) is 17.3 Å². The van der Waals surface area contributed by atoms with E-state index in [-0.39, 0.29) is 5.91 Å². The molecule has 0 bridgehead atoms. The Morgan fingerprint density at radius 3 is 2.38 bits per heavy atom. The Labute approximate surface area is 170 Å². The normalized spacial score (nSPS) is 15.0. The monoisotopic (exact) mass is 382 g/mol. The number of methoxy groups -OCH3 is 1. The van der Waals surface area contributed by atoms with Crippen LogP contribution in [0.4, 0.5) is 5.69 Å². The van der Waals surface area contributed by atoms with Gasteiger partial charge in [0, 0.05) is 5.56 Å². The summed E-state index contributed by atoms with van der Waals surface area (Å²) in [5, 5.41) is 0. The van der Waals surface area contributed by atoms with Crippen LogP contribution in [-0.4, -0.2) is 18.9 Å². The number of carbonyl (C=O) groups is 1. The highest BCUT2D eigenvalue weighted by Crippen LogP contribution is 2.29. The fourth-order valence-electron chi connectivity index (χ4n) is 3.31. The third kappa shape index (κ3) is 3.83. The molecule has 0 saturated heterocycles. The Balaban J connectivity index is 1.82. The van der Waals surface area contributed by atoms with Gasteiger partial charge in [-0.15, -0.1) is 0 Å². The first-order valence-corrected chi connectivity index (χ1v) is 9.48. The fourth-order valence-corrected chi connectivity index (χ4v) is 3.31. The number of amidine groups is 1. The zero-order chi connectivity index (χ0) is 20.4. The highest BCUT2D eigenvalue weighted by molar-refractivity contribution is 6.33. The highest BCUT2D eigenvalue weighted by atomic mass is 16.5. The Bertz CT molecular complexity index is 1130. The molecule has 1 amide bonds. The molecule has 4 nitrogen and oxygen atoms in total. The number of amides is 1. The van der Waals surface area contributed by atoms with Gasteiger partial charge in [-0.3, -0.25) is 9.69 Å². The van der Waals surface area contributed by atoms with E-state index in [9.17, 15) is 4.79 Å². The zero-order valence-corrected chi connectivity index (χ0v) is 16.7. The van der Waals surface area contributed by atoms with Gasteiger partial charge < -0.3 is 4.74 Å². The van der Waals surface area contributed by atoms with E-state index in [1.165, 1.54) is 0 Å². The van der Waals surface area contributed by atoms with Gasteiger partial charge in [-0.1, -0.05) is 54.1 Å². The average molecular weight is 382 g/mol. The number of aryl methyl sites for hydroxylation is 2. The van der Waals surface area contributed by atoms with E-state index in [0.29, 0.717) is 11.5 Å². The predicted molar refractivity (Wildman–Crippen MR) is 117 cm³/mol. The standard InChI is InChI=1S/C25H22N2O2/c1-17-10-12-20(13-11-17)24-26-23(16-19-7-5-9-22(15-19)29-3)25(28)27(24)21-8-4-6-18(2)14-21/h4-16H,1-3H3/b23-16+. The molecule has 0 fully saturated rings. The van der Waals surface area contributed by atoms with Gasteiger partial charge in [-0.25, -0.2) is 4.99 Å². The molecule has 0 aromatic heterocycles. The Morgan fingerprint density at radius 2 is 1.66 bits per heavy atom. The van der Waals surface area contributed by atoms with Crippen molar-refractivity contribution in [1.82, 2.24) is 0 Å². The van der Waals surface area contributed by atoms with Crippen molar-refractivity contribution >= 4 is 23.5 Å². The van der Waals surface area contributed by atoms with Gasteiger partial charge >= 0.3 is 0 Å². The summed E-state index contributed by atoms with van der Waals surface area (Å²) in [7, 11) is 1.63. The third-order valence-electron chi connectivity index (χ3n) is 4.83. The van der Waals surface area contributed by atoms with Gasteiger partial charge in [-0.2, -0.15) is 0 Å². The average Bonchev–Trinajstić information content (AvgIpc) is 3.05. The Kier molecular flexibility index (Phi) is 5.00. The molecule has 4 rings (SSSR count). The van der Waals surface area contributed by atoms with E-state index in [2.05, 4.69) is 0 Å². The largest absolute Gasteiger partial charge is 0.497 e. The van der Waals surface area contributed by atoms with Gasteiger partial charge in [0.2, 0.25) is 0 Å². The summed E-state index contributed by atoms with van der Waals surface area (Å²) < 4.78 is 5.29. The summed E-state index contributed by atoms with van der Waals surface area (Å²) in [4.78, 5) is 19.7. The number of nitrogens with zero attached hydrogens (tertiary/aromatic N) is 2. The Morgan fingerprint density at radius 1 is 0.897 bits per heavy atom. The van der Waals surface area contributed by atoms with Crippen LogP contribution in [0.15, 0.2) is 83.5 Å². The van der Waals surface area contributed by atoms with Crippen molar-refractivity contribution in [2.75, 3.05) is 12.0 Å². The van der Waals surface area contributed by atoms with Gasteiger partial charge in [-0.05, 0) is 55.3 Å². The molecule has 1 aliphatic heterocycles. The number of anilines is 1. The van der Waals surface area contributed by atoms with E-state index in [1.807, 2.05) is 86.6 Å². The van der Waals surface area contributed by atoms with Gasteiger partial charge in [0.05, 0.1) is 12.8 Å². The molecule has 3 aromatic carbocycles. The van der Waals surface area contributed by atoms with E-state index in [1.54, 1.807) is 18.1 Å². The summed E-state index contributed by atoms with van der Waals surface area (Å²) in [6, 6.07) is 23.5. The number of aliphatic imine (C=N–C) groups is 1. The predicted octanol–water partition coefficient (Wildman–Crippen LogP) is 5.15. The maximum atomic E-state index is 13.3. The molecule has 0 saturated carbocycles. The number of ether oxygens (including phenoxy) is 1. The maximum Gasteiger partial charge on any atom is 0.282 e. The lowest BCUT2D eigenvalue weighted by Gasteiger charge is -2.19. The number of hydrogen-bond donors (Lipinski definition) is 0. The second kappa shape index (κ2) is 7.76. The summed E-state index contributed by atoms with van der Waals surface area (Å²) >= 11 is 0. The van der Waals surface area contributed by atoms with Crippen LogP contribution in [0.3, 0.4) is 0 Å². The molecule has 1 heterocycles. The molecule has 29 heavy (non-hydrogen) atoms. The molecular weight excluding hydrogens is 360 g/mol. The lowest BCUT2D eigenvalue weighted by molar-refractivity contribution is -0.113. The molecule has 4 heteroatoms. The van der Waals surface area contributed by atoms with Crippen molar-refractivity contribution in [2.45, 2.75) is 13.8 Å². The van der Waals surface area contributed by atoms with Gasteiger partial charge in [0.25, 0.3) is 5.91 Å². The van der Waals surface area contributed by atoms with Crippen LogP contribution in [0.25, 0.3) is 6.08 Å². The van der Waals surface area contributed by atoms with Crippen LogP contribution in [0.1, 0.15) is 22.3 Å². The van der Waals surface area contributed by atoms with Crippen LogP contribution < -0.4 is 9.64 Å².